The number of pyridine rings is 3. The van der Waals surface area contributed by atoms with E-state index in [-0.39, 0.29) is 17.7 Å². The minimum atomic E-state index is -4.57. The number of rotatable bonds is 4. The van der Waals surface area contributed by atoms with Crippen molar-refractivity contribution in [1.29, 1.82) is 0 Å². The zero-order valence-electron chi connectivity index (χ0n) is 17.1. The molecule has 0 aliphatic carbocycles. The van der Waals surface area contributed by atoms with Crippen LogP contribution in [0, 0.1) is 6.92 Å². The van der Waals surface area contributed by atoms with Crippen molar-refractivity contribution in [3.05, 3.63) is 70.8 Å². The van der Waals surface area contributed by atoms with Gasteiger partial charge in [0.1, 0.15) is 11.2 Å². The van der Waals surface area contributed by atoms with Gasteiger partial charge in [-0.2, -0.15) is 13.2 Å². The minimum absolute atomic E-state index is 0.218. The Morgan fingerprint density at radius 2 is 1.97 bits per heavy atom. The first-order valence-corrected chi connectivity index (χ1v) is 9.68. The number of hydrogen-bond acceptors (Lipinski definition) is 6. The molecule has 4 aromatic heterocycles. The molecule has 164 valence electrons. The highest BCUT2D eigenvalue weighted by Crippen LogP contribution is 2.33. The second-order valence-corrected chi connectivity index (χ2v) is 7.36. The first-order valence-electron chi connectivity index (χ1n) is 9.68. The van der Waals surface area contributed by atoms with Gasteiger partial charge in [-0.1, -0.05) is 0 Å². The van der Waals surface area contributed by atoms with Gasteiger partial charge < -0.3 is 5.11 Å². The highest BCUT2D eigenvalue weighted by molar-refractivity contribution is 5.93. The summed E-state index contributed by atoms with van der Waals surface area (Å²) in [6, 6.07) is 5.38. The van der Waals surface area contributed by atoms with Crippen molar-refractivity contribution in [3.8, 4) is 22.5 Å². The molecule has 1 unspecified atom stereocenters. The van der Waals surface area contributed by atoms with Crippen molar-refractivity contribution in [1.82, 2.24) is 24.5 Å². The van der Waals surface area contributed by atoms with Gasteiger partial charge in [0.05, 0.1) is 35.8 Å². The molecule has 4 heterocycles. The van der Waals surface area contributed by atoms with Crippen LogP contribution < -0.4 is 5.56 Å². The molecule has 0 fully saturated rings. The molecule has 0 aliphatic rings. The third-order valence-corrected chi connectivity index (χ3v) is 5.12. The van der Waals surface area contributed by atoms with Crippen molar-refractivity contribution >= 4 is 10.9 Å². The topological polar surface area (TPSA) is 93.8 Å². The van der Waals surface area contributed by atoms with E-state index in [0.717, 1.165) is 12.3 Å². The van der Waals surface area contributed by atoms with E-state index >= 15 is 0 Å². The fourth-order valence-corrected chi connectivity index (χ4v) is 3.37. The molecule has 10 heteroatoms. The summed E-state index contributed by atoms with van der Waals surface area (Å²) in [5, 5.41) is 9.69. The Balaban J connectivity index is 2.02. The Kier molecular flexibility index (Phi) is 5.47. The number of nitrogens with zero attached hydrogens (tertiary/aromatic N) is 5. The fraction of sp³-hybridized carbons (Fsp3) is 0.227. The number of alkyl halides is 3. The zero-order chi connectivity index (χ0) is 23.0. The molecule has 0 aliphatic heterocycles. The molecule has 32 heavy (non-hydrogen) atoms. The van der Waals surface area contributed by atoms with Crippen molar-refractivity contribution in [2.24, 2.45) is 0 Å². The van der Waals surface area contributed by atoms with Crippen LogP contribution in [0.25, 0.3) is 33.4 Å². The maximum Gasteiger partial charge on any atom is 0.433 e. The summed E-state index contributed by atoms with van der Waals surface area (Å²) in [6.45, 7) is 2.93. The van der Waals surface area contributed by atoms with Gasteiger partial charge in [-0.3, -0.25) is 19.3 Å². The lowest BCUT2D eigenvalue weighted by Gasteiger charge is -2.15. The third kappa shape index (κ3) is 3.84. The smallest absolute Gasteiger partial charge is 0.394 e. The molecule has 0 saturated heterocycles. The van der Waals surface area contributed by atoms with Crippen LogP contribution >= 0.6 is 0 Å². The molecule has 0 aromatic carbocycles. The van der Waals surface area contributed by atoms with Crippen molar-refractivity contribution in [3.63, 3.8) is 0 Å². The number of fused-ring (bicyclic) bond motifs is 1. The lowest BCUT2D eigenvalue weighted by molar-refractivity contribution is -0.141. The van der Waals surface area contributed by atoms with Crippen LogP contribution in [0.2, 0.25) is 0 Å². The molecule has 0 spiro atoms. The van der Waals surface area contributed by atoms with Crippen LogP contribution in [0.3, 0.4) is 0 Å². The normalized spacial score (nSPS) is 12.8. The minimum Gasteiger partial charge on any atom is -0.394 e. The predicted octanol–water partition coefficient (Wildman–Crippen LogP) is 3.80. The zero-order valence-corrected chi connectivity index (χ0v) is 17.1. The average Bonchev–Trinajstić information content (AvgIpc) is 2.78. The summed E-state index contributed by atoms with van der Waals surface area (Å²) in [6.07, 6.45) is 1.02. The Morgan fingerprint density at radius 1 is 1.19 bits per heavy atom. The molecule has 0 saturated carbocycles. The number of hydrogen-bond donors (Lipinski definition) is 1. The van der Waals surface area contributed by atoms with E-state index in [9.17, 15) is 23.1 Å². The van der Waals surface area contributed by atoms with Gasteiger partial charge in [-0.25, -0.2) is 9.97 Å². The summed E-state index contributed by atoms with van der Waals surface area (Å²) in [7, 11) is 0. The highest BCUT2D eigenvalue weighted by Gasteiger charge is 2.33. The van der Waals surface area contributed by atoms with Gasteiger partial charge in [0, 0.05) is 29.7 Å². The Bertz CT molecular complexity index is 1350. The third-order valence-electron chi connectivity index (χ3n) is 5.12. The van der Waals surface area contributed by atoms with E-state index < -0.39 is 23.5 Å². The summed E-state index contributed by atoms with van der Waals surface area (Å²) in [4.78, 5) is 29.8. The Labute approximate surface area is 180 Å². The number of aryl methyl sites for hydroxylation is 1. The first kappa shape index (κ1) is 21.6. The van der Waals surface area contributed by atoms with Crippen molar-refractivity contribution in [2.75, 3.05) is 6.61 Å². The molecule has 7 nitrogen and oxygen atoms in total. The van der Waals surface area contributed by atoms with Crippen molar-refractivity contribution < 1.29 is 18.3 Å². The van der Waals surface area contributed by atoms with Gasteiger partial charge in [0.2, 0.25) is 0 Å². The Hall–Kier alpha value is -3.66. The van der Waals surface area contributed by atoms with Crippen LogP contribution in [-0.2, 0) is 6.18 Å². The molecule has 4 aromatic rings. The summed E-state index contributed by atoms with van der Waals surface area (Å²) in [5.74, 6) is 0. The molecule has 1 atom stereocenters. The van der Waals surface area contributed by atoms with Gasteiger partial charge in [0.15, 0.2) is 0 Å². The quantitative estimate of drug-likeness (QED) is 0.518. The fourth-order valence-electron chi connectivity index (χ4n) is 3.37. The maximum absolute atomic E-state index is 13.2. The molecule has 0 radical (unpaired) electrons. The largest absolute Gasteiger partial charge is 0.433 e. The van der Waals surface area contributed by atoms with Crippen LogP contribution in [0.4, 0.5) is 13.2 Å². The van der Waals surface area contributed by atoms with Crippen LogP contribution in [0.15, 0.2) is 54.0 Å². The van der Waals surface area contributed by atoms with Gasteiger partial charge >= 0.3 is 6.18 Å². The van der Waals surface area contributed by atoms with Crippen LogP contribution in [0.1, 0.15) is 24.2 Å². The molecular weight excluding hydrogens is 423 g/mol. The van der Waals surface area contributed by atoms with Crippen LogP contribution in [-0.4, -0.2) is 36.2 Å². The van der Waals surface area contributed by atoms with Gasteiger partial charge in [-0.15, -0.1) is 0 Å². The van der Waals surface area contributed by atoms with E-state index in [1.54, 1.807) is 31.5 Å². The lowest BCUT2D eigenvalue weighted by Crippen LogP contribution is -2.26. The second-order valence-electron chi connectivity index (χ2n) is 7.36. The van der Waals surface area contributed by atoms with Gasteiger partial charge in [-0.05, 0) is 43.7 Å². The van der Waals surface area contributed by atoms with E-state index in [4.69, 9.17) is 0 Å². The molecule has 1 N–H and O–H groups in total. The predicted molar refractivity (Wildman–Crippen MR) is 112 cm³/mol. The van der Waals surface area contributed by atoms with E-state index in [0.29, 0.717) is 27.9 Å². The number of halogens is 3. The van der Waals surface area contributed by atoms with E-state index in [1.165, 1.54) is 23.9 Å². The standard InChI is InChI=1S/C22H18F3N5O2/c1-12-6-18(22(23,24)25)27-9-16(12)17-7-15-20(19(29-17)14-4-3-5-26-8-14)28-11-30(21(15)32)13(2)10-31/h3-9,11,13,31H,10H2,1-2H3. The maximum atomic E-state index is 13.2. The average molecular weight is 441 g/mol. The highest BCUT2D eigenvalue weighted by atomic mass is 19.4. The molecule has 4 rings (SSSR count). The number of aliphatic hydroxyl groups excluding tert-OH is 1. The molecule has 0 bridgehead atoms. The monoisotopic (exact) mass is 441 g/mol. The summed E-state index contributed by atoms with van der Waals surface area (Å²) in [5.41, 5.74) is 0.826. The van der Waals surface area contributed by atoms with Crippen LogP contribution in [0.5, 0.6) is 0 Å². The summed E-state index contributed by atoms with van der Waals surface area (Å²) < 4.78 is 40.4. The van der Waals surface area contributed by atoms with Gasteiger partial charge in [0.25, 0.3) is 5.56 Å². The molecular formula is C22H18F3N5O2. The van der Waals surface area contributed by atoms with Crippen molar-refractivity contribution in [2.45, 2.75) is 26.1 Å². The first-order chi connectivity index (χ1) is 15.2. The summed E-state index contributed by atoms with van der Waals surface area (Å²) >= 11 is 0. The number of aromatic nitrogens is 5. The molecule has 0 amide bonds. The number of aliphatic hydroxyl groups is 1. The lowest BCUT2D eigenvalue weighted by atomic mass is 10.0. The van der Waals surface area contributed by atoms with E-state index in [2.05, 4.69) is 19.9 Å². The Morgan fingerprint density at radius 3 is 2.59 bits per heavy atom. The van der Waals surface area contributed by atoms with E-state index in [1.807, 2.05) is 0 Å². The second kappa shape index (κ2) is 8.12. The SMILES string of the molecule is Cc1cc(C(F)(F)F)ncc1-c1cc2c(=O)n(C(C)CO)cnc2c(-c2cccnc2)n1.